The monoisotopic (exact) mass is 377 g/mol. The molecule has 1 aliphatic rings. The first-order valence-electron chi connectivity index (χ1n) is 7.92. The number of piperidine rings is 1. The van der Waals surface area contributed by atoms with Crippen LogP contribution in [0.1, 0.15) is 18.4 Å². The molecule has 9 heteroatoms. The highest BCUT2D eigenvalue weighted by atomic mass is 19.3. The number of alkyl halides is 4. The SMILES string of the molecule is COC1CCN(C(=O)/C=C/c2ccc(OC(F)F)cc2OC(F)F)CC1. The molecule has 0 unspecified atom stereocenters. The van der Waals surface area contributed by atoms with Crippen molar-refractivity contribution >= 4 is 12.0 Å². The highest BCUT2D eigenvalue weighted by molar-refractivity contribution is 5.92. The minimum absolute atomic E-state index is 0.122. The van der Waals surface area contributed by atoms with Crippen LogP contribution in [-0.4, -0.2) is 50.3 Å². The molecule has 5 nitrogen and oxygen atoms in total. The van der Waals surface area contributed by atoms with E-state index < -0.39 is 13.2 Å². The maximum absolute atomic E-state index is 12.5. The predicted molar refractivity (Wildman–Crippen MR) is 85.4 cm³/mol. The van der Waals surface area contributed by atoms with Crippen LogP contribution in [0.3, 0.4) is 0 Å². The van der Waals surface area contributed by atoms with Crippen LogP contribution in [0.25, 0.3) is 6.08 Å². The Hall–Kier alpha value is -2.29. The summed E-state index contributed by atoms with van der Waals surface area (Å²) in [4.78, 5) is 13.8. The first-order chi connectivity index (χ1) is 12.4. The van der Waals surface area contributed by atoms with Crippen molar-refractivity contribution in [2.75, 3.05) is 20.2 Å². The molecule has 0 radical (unpaired) electrons. The van der Waals surface area contributed by atoms with Crippen LogP contribution < -0.4 is 9.47 Å². The molecule has 0 spiro atoms. The Kier molecular flexibility index (Phi) is 7.26. The fourth-order valence-corrected chi connectivity index (χ4v) is 2.60. The zero-order chi connectivity index (χ0) is 19.1. The topological polar surface area (TPSA) is 48.0 Å². The van der Waals surface area contributed by atoms with Gasteiger partial charge in [0.1, 0.15) is 11.5 Å². The number of rotatable bonds is 7. The Morgan fingerprint density at radius 3 is 2.38 bits per heavy atom. The largest absolute Gasteiger partial charge is 0.435 e. The Bertz CT molecular complexity index is 631. The smallest absolute Gasteiger partial charge is 0.387 e. The highest BCUT2D eigenvalue weighted by Crippen LogP contribution is 2.28. The summed E-state index contributed by atoms with van der Waals surface area (Å²) in [6.07, 6.45) is 4.09. The van der Waals surface area contributed by atoms with Crippen molar-refractivity contribution in [2.45, 2.75) is 32.2 Å². The number of amides is 1. The van der Waals surface area contributed by atoms with E-state index in [1.807, 2.05) is 0 Å². The van der Waals surface area contributed by atoms with E-state index in [1.54, 1.807) is 12.0 Å². The van der Waals surface area contributed by atoms with Gasteiger partial charge in [0.05, 0.1) is 6.10 Å². The van der Waals surface area contributed by atoms with Gasteiger partial charge in [-0.15, -0.1) is 0 Å². The van der Waals surface area contributed by atoms with E-state index in [1.165, 1.54) is 24.3 Å². The number of halogens is 4. The number of hydrogen-bond acceptors (Lipinski definition) is 4. The molecule has 1 aromatic carbocycles. The third-order valence-electron chi connectivity index (χ3n) is 3.92. The van der Waals surface area contributed by atoms with Crippen LogP contribution in [-0.2, 0) is 9.53 Å². The van der Waals surface area contributed by atoms with E-state index >= 15 is 0 Å². The molecule has 1 amide bonds. The number of hydrogen-bond donors (Lipinski definition) is 0. The van der Waals surface area contributed by atoms with Gasteiger partial charge < -0.3 is 19.1 Å². The minimum Gasteiger partial charge on any atom is -0.435 e. The lowest BCUT2D eigenvalue weighted by Crippen LogP contribution is -2.39. The van der Waals surface area contributed by atoms with Gasteiger partial charge in [-0.05, 0) is 31.1 Å². The van der Waals surface area contributed by atoms with Crippen molar-refractivity contribution in [1.82, 2.24) is 4.90 Å². The zero-order valence-corrected chi connectivity index (χ0v) is 14.0. The highest BCUT2D eigenvalue weighted by Gasteiger charge is 2.21. The van der Waals surface area contributed by atoms with Crippen molar-refractivity contribution in [3.63, 3.8) is 0 Å². The zero-order valence-electron chi connectivity index (χ0n) is 14.0. The number of nitrogens with zero attached hydrogens (tertiary/aromatic N) is 1. The maximum atomic E-state index is 12.5. The molecular formula is C17H19F4NO4. The molecule has 1 aromatic rings. The average Bonchev–Trinajstić information content (AvgIpc) is 2.60. The van der Waals surface area contributed by atoms with E-state index in [-0.39, 0.29) is 29.1 Å². The Labute approximate surface area is 148 Å². The third-order valence-corrected chi connectivity index (χ3v) is 3.92. The lowest BCUT2D eigenvalue weighted by molar-refractivity contribution is -0.128. The van der Waals surface area contributed by atoms with Gasteiger partial charge in [-0.1, -0.05) is 0 Å². The van der Waals surface area contributed by atoms with Crippen molar-refractivity contribution < 1.29 is 36.6 Å². The van der Waals surface area contributed by atoms with Crippen molar-refractivity contribution in [1.29, 1.82) is 0 Å². The molecule has 144 valence electrons. The van der Waals surface area contributed by atoms with Crippen LogP contribution in [0.2, 0.25) is 0 Å². The quantitative estimate of drug-likeness (QED) is 0.539. The van der Waals surface area contributed by atoms with Gasteiger partial charge in [-0.3, -0.25) is 4.79 Å². The van der Waals surface area contributed by atoms with Crippen molar-refractivity contribution in [2.24, 2.45) is 0 Å². The normalized spacial score (nSPS) is 15.9. The molecule has 0 aliphatic carbocycles. The van der Waals surface area contributed by atoms with Crippen LogP contribution in [0.4, 0.5) is 17.6 Å². The summed E-state index contributed by atoms with van der Waals surface area (Å²) >= 11 is 0. The molecule has 0 aromatic heterocycles. The molecule has 0 N–H and O–H groups in total. The third kappa shape index (κ3) is 5.91. The molecular weight excluding hydrogens is 358 g/mol. The van der Waals surface area contributed by atoms with E-state index in [0.29, 0.717) is 13.1 Å². The second-order valence-electron chi connectivity index (χ2n) is 5.55. The second kappa shape index (κ2) is 9.42. The average molecular weight is 377 g/mol. The van der Waals surface area contributed by atoms with E-state index in [9.17, 15) is 22.4 Å². The summed E-state index contributed by atoms with van der Waals surface area (Å²) < 4.78 is 63.3. The standard InChI is InChI=1S/C17H19F4NO4/c1-24-12-6-8-22(9-7-12)15(23)5-3-11-2-4-13(25-16(18)19)10-14(11)26-17(20)21/h2-5,10,12,16-17H,6-9H2,1H3/b5-3+. The first-order valence-corrected chi connectivity index (χ1v) is 7.92. The second-order valence-corrected chi connectivity index (χ2v) is 5.55. The number of likely N-dealkylation sites (tertiary alicyclic amines) is 1. The molecule has 0 atom stereocenters. The maximum Gasteiger partial charge on any atom is 0.387 e. The van der Waals surface area contributed by atoms with Crippen LogP contribution in [0.5, 0.6) is 11.5 Å². The van der Waals surface area contributed by atoms with E-state index in [0.717, 1.165) is 18.9 Å². The predicted octanol–water partition coefficient (Wildman–Crippen LogP) is 3.54. The Morgan fingerprint density at radius 2 is 1.81 bits per heavy atom. The lowest BCUT2D eigenvalue weighted by atomic mass is 10.1. The molecule has 1 aliphatic heterocycles. The van der Waals surface area contributed by atoms with E-state index in [2.05, 4.69) is 9.47 Å². The molecule has 1 saturated heterocycles. The van der Waals surface area contributed by atoms with Gasteiger partial charge in [0.25, 0.3) is 0 Å². The fraction of sp³-hybridized carbons (Fsp3) is 0.471. The van der Waals surface area contributed by atoms with Gasteiger partial charge in [-0.2, -0.15) is 17.6 Å². The van der Waals surface area contributed by atoms with Crippen molar-refractivity contribution in [3.8, 4) is 11.5 Å². The summed E-state index contributed by atoms with van der Waals surface area (Å²) in [6, 6.07) is 3.36. The number of benzene rings is 1. The number of ether oxygens (including phenoxy) is 3. The van der Waals surface area contributed by atoms with Gasteiger partial charge in [0, 0.05) is 37.9 Å². The molecule has 0 saturated carbocycles. The summed E-state index contributed by atoms with van der Waals surface area (Å²) in [5, 5.41) is 0. The van der Waals surface area contributed by atoms with Gasteiger partial charge in [0.15, 0.2) is 0 Å². The molecule has 1 fully saturated rings. The fourth-order valence-electron chi connectivity index (χ4n) is 2.60. The Morgan fingerprint density at radius 1 is 1.15 bits per heavy atom. The molecule has 0 bridgehead atoms. The van der Waals surface area contributed by atoms with Crippen LogP contribution in [0, 0.1) is 0 Å². The van der Waals surface area contributed by atoms with Crippen LogP contribution >= 0.6 is 0 Å². The van der Waals surface area contributed by atoms with Gasteiger partial charge >= 0.3 is 13.2 Å². The lowest BCUT2D eigenvalue weighted by Gasteiger charge is -2.30. The van der Waals surface area contributed by atoms with E-state index in [4.69, 9.17) is 4.74 Å². The molecule has 2 rings (SSSR count). The summed E-state index contributed by atoms with van der Waals surface area (Å²) in [6.45, 7) is -5.17. The molecule has 1 heterocycles. The van der Waals surface area contributed by atoms with Gasteiger partial charge in [0.2, 0.25) is 5.91 Å². The minimum atomic E-state index is -3.15. The summed E-state index contributed by atoms with van der Waals surface area (Å²) in [5.41, 5.74) is 0.145. The number of methoxy groups -OCH3 is 1. The Balaban J connectivity index is 2.08. The van der Waals surface area contributed by atoms with Crippen molar-refractivity contribution in [3.05, 3.63) is 29.8 Å². The summed E-state index contributed by atoms with van der Waals surface area (Å²) in [7, 11) is 1.62. The van der Waals surface area contributed by atoms with Gasteiger partial charge in [-0.25, -0.2) is 0 Å². The first kappa shape index (κ1) is 20.0. The number of carbonyl (C=O) groups is 1. The molecule has 26 heavy (non-hydrogen) atoms. The van der Waals surface area contributed by atoms with Crippen LogP contribution in [0.15, 0.2) is 24.3 Å². The summed E-state index contributed by atoms with van der Waals surface area (Å²) in [5.74, 6) is -0.962. The number of carbonyl (C=O) groups excluding carboxylic acids is 1.